The average molecular weight is 350 g/mol. The lowest BCUT2D eigenvalue weighted by Crippen LogP contribution is -2.52. The van der Waals surface area contributed by atoms with Gasteiger partial charge in [0.05, 0.1) is 18.8 Å². The van der Waals surface area contributed by atoms with Crippen molar-refractivity contribution in [3.05, 3.63) is 0 Å². The van der Waals surface area contributed by atoms with Crippen LogP contribution in [-0.2, 0) is 29.1 Å². The molecule has 0 aromatic carbocycles. The zero-order valence-corrected chi connectivity index (χ0v) is 13.0. The second-order valence-corrected chi connectivity index (χ2v) is 6.74. The monoisotopic (exact) mass is 350 g/mol. The van der Waals surface area contributed by atoms with Gasteiger partial charge in [0.15, 0.2) is 5.78 Å². The molecule has 4 unspecified atom stereocenters. The minimum absolute atomic E-state index is 0.0753. The van der Waals surface area contributed by atoms with Gasteiger partial charge >= 0.3 is 10.4 Å². The number of hydrogen-bond acceptors (Lipinski definition) is 9. The highest BCUT2D eigenvalue weighted by molar-refractivity contribution is 7.80. The van der Waals surface area contributed by atoms with Gasteiger partial charge in [-0.25, -0.2) is 5.48 Å². The van der Waals surface area contributed by atoms with E-state index in [0.29, 0.717) is 6.54 Å². The number of piperidine rings is 1. The van der Waals surface area contributed by atoms with Gasteiger partial charge in [0.25, 0.3) is 5.91 Å². The Labute approximate surface area is 132 Å². The van der Waals surface area contributed by atoms with E-state index in [0.717, 1.165) is 18.0 Å². The van der Waals surface area contributed by atoms with Crippen LogP contribution >= 0.6 is 0 Å². The molecule has 3 rings (SSSR count). The lowest BCUT2D eigenvalue weighted by atomic mass is 9.99. The molecular formula is C11H18N4O7S. The molecule has 0 radical (unpaired) electrons. The number of fused-ring (bicyclic) bond motifs is 2. The summed E-state index contributed by atoms with van der Waals surface area (Å²) in [5, 5.41) is 3.96. The summed E-state index contributed by atoms with van der Waals surface area (Å²) in [6.45, 7) is 1.53. The molecule has 3 saturated heterocycles. The number of nitrogens with one attached hydrogen (secondary N) is 2. The Morgan fingerprint density at radius 1 is 1.43 bits per heavy atom. The quantitative estimate of drug-likeness (QED) is 0.358. The third-order valence-electron chi connectivity index (χ3n) is 4.12. The maximum atomic E-state index is 12.2. The van der Waals surface area contributed by atoms with Gasteiger partial charge < -0.3 is 5.32 Å². The molecule has 1 amide bonds. The van der Waals surface area contributed by atoms with Crippen molar-refractivity contribution in [2.75, 3.05) is 26.3 Å². The number of ketones is 1. The number of amides is 1. The number of carbonyl (C=O) groups excluding carboxylic acids is 2. The molecule has 130 valence electrons. The van der Waals surface area contributed by atoms with Crippen LogP contribution in [0.3, 0.4) is 0 Å². The molecule has 2 bridgehead atoms. The molecule has 0 aromatic heterocycles. The second kappa shape index (κ2) is 6.39. The molecule has 3 N–H and O–H groups in total. The zero-order valence-electron chi connectivity index (χ0n) is 12.2. The van der Waals surface area contributed by atoms with Crippen molar-refractivity contribution in [3.63, 3.8) is 0 Å². The van der Waals surface area contributed by atoms with E-state index in [1.54, 1.807) is 4.90 Å². The van der Waals surface area contributed by atoms with Crippen LogP contribution in [0.15, 0.2) is 0 Å². The van der Waals surface area contributed by atoms with Crippen LogP contribution in [0.2, 0.25) is 0 Å². The van der Waals surface area contributed by atoms with Gasteiger partial charge in [0.2, 0.25) is 0 Å². The Balaban J connectivity index is 1.59. The molecule has 12 heteroatoms. The number of hydroxylamine groups is 3. The van der Waals surface area contributed by atoms with Crippen molar-refractivity contribution in [3.8, 4) is 0 Å². The fourth-order valence-electron chi connectivity index (χ4n) is 2.99. The summed E-state index contributed by atoms with van der Waals surface area (Å²) in [6.07, 6.45) is 0.601. The fourth-order valence-corrected chi connectivity index (χ4v) is 3.38. The van der Waals surface area contributed by atoms with Crippen LogP contribution < -0.4 is 10.8 Å². The average Bonchev–Trinajstić information content (AvgIpc) is 3.07. The third kappa shape index (κ3) is 3.85. The number of Topliss-reactive ketones (excluding diaryl/α,β-unsaturated/α-hetero) is 1. The standard InChI is InChI=1S/C11H18N4O7S/c16-10-3-8(11(17)13-21-7-1-2-12-4-7)14-5-9(10)15(6-14)22-23(18,19)20/h7-9,12H,1-6H2,(H,13,17)(H,18,19,20). The Hall–Kier alpha value is -1.15. The highest BCUT2D eigenvalue weighted by Gasteiger charge is 2.48. The molecule has 11 nitrogen and oxygen atoms in total. The highest BCUT2D eigenvalue weighted by atomic mass is 32.3. The SMILES string of the molecule is O=C(NOC1CCNC1)C1CC(=O)C2CN1CN2OS(=O)(=O)O. The van der Waals surface area contributed by atoms with Gasteiger partial charge in [0, 0.05) is 19.5 Å². The molecule has 3 aliphatic rings. The van der Waals surface area contributed by atoms with E-state index in [2.05, 4.69) is 15.1 Å². The highest BCUT2D eigenvalue weighted by Crippen LogP contribution is 2.26. The summed E-state index contributed by atoms with van der Waals surface area (Å²) in [5.74, 6) is -0.789. The smallest absolute Gasteiger partial charge is 0.314 e. The van der Waals surface area contributed by atoms with Crippen molar-refractivity contribution < 1.29 is 31.7 Å². The van der Waals surface area contributed by atoms with Gasteiger partial charge in [-0.05, 0) is 13.0 Å². The second-order valence-electron chi connectivity index (χ2n) is 5.73. The fraction of sp³-hybridized carbons (Fsp3) is 0.818. The van der Waals surface area contributed by atoms with Gasteiger partial charge in [-0.1, -0.05) is 0 Å². The summed E-state index contributed by atoms with van der Waals surface area (Å²) in [4.78, 5) is 31.2. The summed E-state index contributed by atoms with van der Waals surface area (Å²) in [5.41, 5.74) is 2.36. The first kappa shape index (κ1) is 16.7. The van der Waals surface area contributed by atoms with Crippen molar-refractivity contribution in [2.24, 2.45) is 0 Å². The lowest BCUT2D eigenvalue weighted by molar-refractivity contribution is -0.146. The van der Waals surface area contributed by atoms with E-state index in [1.807, 2.05) is 0 Å². The third-order valence-corrected chi connectivity index (χ3v) is 4.50. The molecule has 4 atom stereocenters. The molecule has 23 heavy (non-hydrogen) atoms. The van der Waals surface area contributed by atoms with Crippen LogP contribution in [0, 0.1) is 0 Å². The molecule has 0 aromatic rings. The predicted molar refractivity (Wildman–Crippen MR) is 73.7 cm³/mol. The van der Waals surface area contributed by atoms with Crippen LogP contribution in [0.25, 0.3) is 0 Å². The first-order valence-corrected chi connectivity index (χ1v) is 8.56. The van der Waals surface area contributed by atoms with Crippen LogP contribution in [0.5, 0.6) is 0 Å². The summed E-state index contributed by atoms with van der Waals surface area (Å²) in [7, 11) is -4.71. The number of nitrogens with zero attached hydrogens (tertiary/aromatic N) is 2. The van der Waals surface area contributed by atoms with Crippen LogP contribution in [0.1, 0.15) is 12.8 Å². The normalized spacial score (nSPS) is 34.7. The zero-order chi connectivity index (χ0) is 16.6. The maximum absolute atomic E-state index is 12.2. The first-order chi connectivity index (χ1) is 10.8. The summed E-state index contributed by atoms with van der Waals surface area (Å²) >= 11 is 0. The molecule has 3 fully saturated rings. The van der Waals surface area contributed by atoms with Crippen LogP contribution in [-0.4, -0.2) is 79.1 Å². The van der Waals surface area contributed by atoms with Gasteiger partial charge in [-0.3, -0.25) is 23.9 Å². The number of rotatable bonds is 5. The minimum Gasteiger partial charge on any atom is -0.314 e. The number of hydrogen-bond donors (Lipinski definition) is 3. The number of carbonyl (C=O) groups is 2. The van der Waals surface area contributed by atoms with Gasteiger partial charge in [0.1, 0.15) is 6.04 Å². The molecule has 0 aliphatic carbocycles. The van der Waals surface area contributed by atoms with E-state index in [9.17, 15) is 18.0 Å². The molecular weight excluding hydrogens is 332 g/mol. The Morgan fingerprint density at radius 2 is 2.22 bits per heavy atom. The Kier molecular flexibility index (Phi) is 4.64. The van der Waals surface area contributed by atoms with Gasteiger partial charge in [-0.15, -0.1) is 5.06 Å². The molecule has 0 saturated carbocycles. The molecule has 3 heterocycles. The molecule has 3 aliphatic heterocycles. The largest absolute Gasteiger partial charge is 0.413 e. The Bertz CT molecular complexity index is 591. The van der Waals surface area contributed by atoms with E-state index in [-0.39, 0.29) is 31.5 Å². The molecule has 0 spiro atoms. The van der Waals surface area contributed by atoms with E-state index >= 15 is 0 Å². The summed E-state index contributed by atoms with van der Waals surface area (Å²) < 4.78 is 34.7. The van der Waals surface area contributed by atoms with Crippen molar-refractivity contribution in [1.82, 2.24) is 20.8 Å². The van der Waals surface area contributed by atoms with Crippen molar-refractivity contribution in [2.45, 2.75) is 31.0 Å². The predicted octanol–water partition coefficient (Wildman–Crippen LogP) is -2.58. The first-order valence-electron chi connectivity index (χ1n) is 7.20. The van der Waals surface area contributed by atoms with E-state index in [1.165, 1.54) is 0 Å². The van der Waals surface area contributed by atoms with Crippen LogP contribution in [0.4, 0.5) is 0 Å². The minimum atomic E-state index is -4.71. The summed E-state index contributed by atoms with van der Waals surface area (Å²) in [6, 6.07) is -1.58. The van der Waals surface area contributed by atoms with Gasteiger partial charge in [-0.2, -0.15) is 12.7 Å². The van der Waals surface area contributed by atoms with Crippen molar-refractivity contribution >= 4 is 22.1 Å². The van der Waals surface area contributed by atoms with E-state index in [4.69, 9.17) is 9.39 Å². The Morgan fingerprint density at radius 3 is 2.87 bits per heavy atom. The van der Waals surface area contributed by atoms with Crippen molar-refractivity contribution in [1.29, 1.82) is 0 Å². The maximum Gasteiger partial charge on any atom is 0.413 e. The topological polar surface area (TPSA) is 138 Å². The van der Waals surface area contributed by atoms with E-state index < -0.39 is 28.4 Å². The lowest BCUT2D eigenvalue weighted by Gasteiger charge is -2.28.